The molecule has 0 unspecified atom stereocenters. The van der Waals surface area contributed by atoms with Gasteiger partial charge in [0.1, 0.15) is 18.3 Å². The molecule has 0 aliphatic rings. The molecule has 0 fully saturated rings. The Balaban J connectivity index is 2.35. The van der Waals surface area contributed by atoms with Crippen LogP contribution in [0.4, 0.5) is 5.69 Å². The third-order valence-electron chi connectivity index (χ3n) is 5.07. The number of rotatable bonds is 11. The zero-order valence-corrected chi connectivity index (χ0v) is 20.7. The van der Waals surface area contributed by atoms with Crippen LogP contribution in [0.15, 0.2) is 48.5 Å². The van der Waals surface area contributed by atoms with Gasteiger partial charge in [0.2, 0.25) is 21.8 Å². The molecule has 0 spiro atoms. The molecule has 2 aromatic carbocycles. The summed E-state index contributed by atoms with van der Waals surface area (Å²) in [5, 5.41) is 2.73. The van der Waals surface area contributed by atoms with E-state index in [2.05, 4.69) is 5.32 Å². The molecule has 0 aliphatic heterocycles. The van der Waals surface area contributed by atoms with Gasteiger partial charge >= 0.3 is 0 Å². The molecule has 2 aromatic rings. The van der Waals surface area contributed by atoms with E-state index in [9.17, 15) is 18.0 Å². The van der Waals surface area contributed by atoms with Crippen LogP contribution < -0.4 is 14.4 Å². The zero-order chi connectivity index (χ0) is 24.6. The highest BCUT2D eigenvalue weighted by atomic mass is 32.2. The molecule has 0 heterocycles. The van der Waals surface area contributed by atoms with Gasteiger partial charge < -0.3 is 15.0 Å². The van der Waals surface area contributed by atoms with Gasteiger partial charge in [-0.3, -0.25) is 13.9 Å². The highest BCUT2D eigenvalue weighted by Crippen LogP contribution is 2.22. The number of ether oxygens (including phenoxy) is 1. The number of carbonyl (C=O) groups excluding carboxylic acids is 2. The van der Waals surface area contributed by atoms with Crippen LogP contribution in [-0.4, -0.2) is 57.1 Å². The van der Waals surface area contributed by atoms with Crippen molar-refractivity contribution in [1.82, 2.24) is 10.2 Å². The van der Waals surface area contributed by atoms with E-state index in [1.54, 1.807) is 38.1 Å². The second-order valence-corrected chi connectivity index (χ2v) is 9.68. The van der Waals surface area contributed by atoms with E-state index in [1.165, 1.54) is 4.90 Å². The third-order valence-corrected chi connectivity index (χ3v) is 6.21. The Morgan fingerprint density at radius 3 is 2.30 bits per heavy atom. The number of hydrogen-bond acceptors (Lipinski definition) is 5. The number of nitrogens with one attached hydrogen (secondary N) is 1. The summed E-state index contributed by atoms with van der Waals surface area (Å²) in [5.74, 6) is -0.174. The number of sulfonamides is 1. The number of amides is 2. The quantitative estimate of drug-likeness (QED) is 0.539. The lowest BCUT2D eigenvalue weighted by Crippen LogP contribution is -2.51. The number of hydrogen-bond donors (Lipinski definition) is 1. The molecular formula is C24H33N3O5S. The Kier molecular flexibility index (Phi) is 9.28. The monoisotopic (exact) mass is 475 g/mol. The molecule has 9 heteroatoms. The van der Waals surface area contributed by atoms with Crippen LogP contribution in [-0.2, 0) is 26.2 Å². The summed E-state index contributed by atoms with van der Waals surface area (Å²) in [6, 6.07) is 13.4. The fourth-order valence-electron chi connectivity index (χ4n) is 3.40. The Bertz CT molecular complexity index is 1050. The number of carbonyl (C=O) groups is 2. The van der Waals surface area contributed by atoms with Crippen LogP contribution in [0.25, 0.3) is 0 Å². The first-order valence-electron chi connectivity index (χ1n) is 10.9. The number of likely N-dealkylation sites (N-methyl/N-ethyl adjacent to an activating group) is 1. The third kappa shape index (κ3) is 7.49. The summed E-state index contributed by atoms with van der Waals surface area (Å²) >= 11 is 0. The molecule has 0 saturated carbocycles. The Hall–Kier alpha value is -3.07. The maximum Gasteiger partial charge on any atom is 0.244 e. The largest absolute Gasteiger partial charge is 0.494 e. The first kappa shape index (κ1) is 26.2. The van der Waals surface area contributed by atoms with Crippen molar-refractivity contribution in [3.63, 3.8) is 0 Å². The number of anilines is 1. The van der Waals surface area contributed by atoms with Crippen molar-refractivity contribution in [1.29, 1.82) is 0 Å². The minimum atomic E-state index is -3.76. The molecule has 33 heavy (non-hydrogen) atoms. The lowest BCUT2D eigenvalue weighted by Gasteiger charge is -2.31. The van der Waals surface area contributed by atoms with E-state index in [4.69, 9.17) is 4.74 Å². The summed E-state index contributed by atoms with van der Waals surface area (Å²) in [5.41, 5.74) is 2.22. The molecule has 0 radical (unpaired) electrons. The fourth-order valence-corrected chi connectivity index (χ4v) is 4.25. The van der Waals surface area contributed by atoms with Crippen LogP contribution in [0, 0.1) is 6.92 Å². The van der Waals surface area contributed by atoms with Crippen molar-refractivity contribution >= 4 is 27.5 Å². The Morgan fingerprint density at radius 1 is 1.09 bits per heavy atom. The second-order valence-electron chi connectivity index (χ2n) is 7.78. The molecule has 2 amide bonds. The van der Waals surface area contributed by atoms with Crippen molar-refractivity contribution < 1.29 is 22.7 Å². The normalized spacial score (nSPS) is 12.0. The number of benzene rings is 2. The SMILES string of the molecule is CCNC(=O)[C@@H](C)N(Cc1cccc(C)c1)C(=O)CN(c1ccc(OCC)cc1)S(C)(=O)=O. The van der Waals surface area contributed by atoms with Gasteiger partial charge in [0.15, 0.2) is 0 Å². The average molecular weight is 476 g/mol. The van der Waals surface area contributed by atoms with E-state index in [0.717, 1.165) is 21.7 Å². The second kappa shape index (κ2) is 11.7. The van der Waals surface area contributed by atoms with Gasteiger partial charge in [-0.25, -0.2) is 8.42 Å². The van der Waals surface area contributed by atoms with E-state index in [-0.39, 0.29) is 12.5 Å². The van der Waals surface area contributed by atoms with Crippen molar-refractivity contribution in [3.8, 4) is 5.75 Å². The summed E-state index contributed by atoms with van der Waals surface area (Å²) in [6.45, 7) is 7.90. The Labute approximate surface area is 196 Å². The first-order chi connectivity index (χ1) is 15.6. The summed E-state index contributed by atoms with van der Waals surface area (Å²) in [4.78, 5) is 27.4. The van der Waals surface area contributed by atoms with Gasteiger partial charge in [-0.1, -0.05) is 29.8 Å². The molecule has 1 N–H and O–H groups in total. The smallest absolute Gasteiger partial charge is 0.244 e. The van der Waals surface area contributed by atoms with Gasteiger partial charge in [0, 0.05) is 13.1 Å². The molecule has 0 saturated heterocycles. The van der Waals surface area contributed by atoms with Gasteiger partial charge in [-0.2, -0.15) is 0 Å². The van der Waals surface area contributed by atoms with Gasteiger partial charge in [-0.15, -0.1) is 0 Å². The van der Waals surface area contributed by atoms with Crippen molar-refractivity contribution in [2.24, 2.45) is 0 Å². The molecular weight excluding hydrogens is 442 g/mol. The Morgan fingerprint density at radius 2 is 1.76 bits per heavy atom. The van der Waals surface area contributed by atoms with Crippen LogP contribution in [0.3, 0.4) is 0 Å². The molecule has 0 bridgehead atoms. The zero-order valence-electron chi connectivity index (χ0n) is 19.9. The lowest BCUT2D eigenvalue weighted by atomic mass is 10.1. The maximum absolute atomic E-state index is 13.4. The fraction of sp³-hybridized carbons (Fsp3) is 0.417. The van der Waals surface area contributed by atoms with Gasteiger partial charge in [0.05, 0.1) is 18.6 Å². The average Bonchev–Trinajstić information content (AvgIpc) is 2.75. The van der Waals surface area contributed by atoms with Crippen LogP contribution in [0.2, 0.25) is 0 Å². The minimum Gasteiger partial charge on any atom is -0.494 e. The summed E-state index contributed by atoms with van der Waals surface area (Å²) in [6.07, 6.45) is 1.05. The van der Waals surface area contributed by atoms with E-state index < -0.39 is 28.5 Å². The molecule has 8 nitrogen and oxygen atoms in total. The van der Waals surface area contributed by atoms with Crippen LogP contribution in [0.1, 0.15) is 31.9 Å². The van der Waals surface area contributed by atoms with Gasteiger partial charge in [-0.05, 0) is 57.5 Å². The first-order valence-corrected chi connectivity index (χ1v) is 12.7. The van der Waals surface area contributed by atoms with Crippen LogP contribution in [0.5, 0.6) is 5.75 Å². The molecule has 1 atom stereocenters. The van der Waals surface area contributed by atoms with Crippen molar-refractivity contribution in [2.45, 2.75) is 40.3 Å². The van der Waals surface area contributed by atoms with Gasteiger partial charge in [0.25, 0.3) is 0 Å². The van der Waals surface area contributed by atoms with E-state index in [1.807, 2.05) is 38.1 Å². The highest BCUT2D eigenvalue weighted by Gasteiger charge is 2.29. The van der Waals surface area contributed by atoms with Crippen LogP contribution >= 0.6 is 0 Å². The maximum atomic E-state index is 13.4. The molecule has 0 aromatic heterocycles. The molecule has 2 rings (SSSR count). The summed E-state index contributed by atoms with van der Waals surface area (Å²) < 4.78 is 31.6. The topological polar surface area (TPSA) is 96.0 Å². The standard InChI is InChI=1S/C24H33N3O5S/c1-6-25-24(29)19(4)26(16-20-10-8-9-18(3)15-20)23(28)17-27(33(5,30)31)21-11-13-22(14-12-21)32-7-2/h8-15,19H,6-7,16-17H2,1-5H3,(H,25,29)/t19-/m1/s1. The van der Waals surface area contributed by atoms with Crippen molar-refractivity contribution in [2.75, 3.05) is 30.3 Å². The highest BCUT2D eigenvalue weighted by molar-refractivity contribution is 7.92. The predicted molar refractivity (Wildman–Crippen MR) is 130 cm³/mol. The van der Waals surface area contributed by atoms with E-state index >= 15 is 0 Å². The number of nitrogens with zero attached hydrogens (tertiary/aromatic N) is 2. The lowest BCUT2D eigenvalue weighted by molar-refractivity contribution is -0.139. The summed E-state index contributed by atoms with van der Waals surface area (Å²) in [7, 11) is -3.76. The molecule has 180 valence electrons. The number of aryl methyl sites for hydroxylation is 1. The van der Waals surface area contributed by atoms with Crippen molar-refractivity contribution in [3.05, 3.63) is 59.7 Å². The molecule has 0 aliphatic carbocycles. The minimum absolute atomic E-state index is 0.180. The predicted octanol–water partition coefficient (Wildman–Crippen LogP) is 2.71. The van der Waals surface area contributed by atoms with E-state index in [0.29, 0.717) is 24.6 Å².